The number of H-pyrrole nitrogens is 1. The molecule has 176 valence electrons. The fraction of sp³-hybridized carbons (Fsp3) is 0.217. The Labute approximate surface area is 195 Å². The maximum absolute atomic E-state index is 14.8. The maximum atomic E-state index is 14.8. The van der Waals surface area contributed by atoms with Gasteiger partial charge in [-0.2, -0.15) is 9.97 Å². The second-order valence-electron chi connectivity index (χ2n) is 7.96. The number of likely N-dealkylation sites (N-methyl/N-ethyl adjacent to an activating group) is 2. The van der Waals surface area contributed by atoms with Gasteiger partial charge >= 0.3 is 0 Å². The molecule has 34 heavy (non-hydrogen) atoms. The molecule has 0 aliphatic rings. The Balaban J connectivity index is 1.58. The lowest BCUT2D eigenvalue weighted by Gasteiger charge is -2.22. The first kappa shape index (κ1) is 22.9. The lowest BCUT2D eigenvalue weighted by atomic mass is 10.2. The summed E-state index contributed by atoms with van der Waals surface area (Å²) in [6.07, 6.45) is 1.68. The second-order valence-corrected chi connectivity index (χ2v) is 7.96. The van der Waals surface area contributed by atoms with Crippen molar-refractivity contribution >= 4 is 34.0 Å². The number of nitro groups is 1. The fourth-order valence-electron chi connectivity index (χ4n) is 3.31. The van der Waals surface area contributed by atoms with Crippen LogP contribution in [0.2, 0.25) is 0 Å². The molecule has 0 bridgehead atoms. The lowest BCUT2D eigenvalue weighted by molar-refractivity contribution is -0.384. The number of aromatic nitrogens is 3. The number of halogens is 1. The Morgan fingerprint density at radius 1 is 1.12 bits per heavy atom. The summed E-state index contributed by atoms with van der Waals surface area (Å²) in [5, 5.41) is 14.7. The van der Waals surface area contributed by atoms with Gasteiger partial charge in [-0.3, -0.25) is 10.1 Å². The molecular weight excluding hydrogens is 441 g/mol. The van der Waals surface area contributed by atoms with E-state index in [4.69, 9.17) is 4.74 Å². The average Bonchev–Trinajstić information content (AvgIpc) is 3.27. The Bertz CT molecular complexity index is 1330. The van der Waals surface area contributed by atoms with Crippen LogP contribution in [0.3, 0.4) is 0 Å². The van der Waals surface area contributed by atoms with E-state index in [2.05, 4.69) is 20.3 Å². The third-order valence-electron chi connectivity index (χ3n) is 5.12. The molecule has 0 amide bonds. The van der Waals surface area contributed by atoms with Crippen LogP contribution in [0, 0.1) is 15.9 Å². The van der Waals surface area contributed by atoms with Crippen molar-refractivity contribution in [3.63, 3.8) is 0 Å². The minimum atomic E-state index is -0.498. The number of nitrogens with zero attached hydrogens (tertiary/aromatic N) is 5. The summed E-state index contributed by atoms with van der Waals surface area (Å²) < 4.78 is 20.6. The number of non-ortho nitro benzene ring substituents is 1. The Hall–Kier alpha value is -4.25. The topological polar surface area (TPSA) is 112 Å². The van der Waals surface area contributed by atoms with Gasteiger partial charge in [0.05, 0.1) is 22.1 Å². The zero-order chi connectivity index (χ0) is 24.2. The van der Waals surface area contributed by atoms with Crippen molar-refractivity contribution in [2.24, 2.45) is 0 Å². The van der Waals surface area contributed by atoms with Crippen LogP contribution >= 0.6 is 0 Å². The zero-order valence-corrected chi connectivity index (χ0v) is 18.9. The number of rotatable bonds is 9. The van der Waals surface area contributed by atoms with Gasteiger partial charge in [0.1, 0.15) is 17.2 Å². The largest absolute Gasteiger partial charge is 0.438 e. The van der Waals surface area contributed by atoms with Crippen molar-refractivity contribution < 1.29 is 14.1 Å². The van der Waals surface area contributed by atoms with E-state index in [1.807, 2.05) is 30.9 Å². The van der Waals surface area contributed by atoms with Crippen LogP contribution in [0.1, 0.15) is 0 Å². The van der Waals surface area contributed by atoms with Crippen molar-refractivity contribution in [1.29, 1.82) is 0 Å². The monoisotopic (exact) mass is 465 g/mol. The van der Waals surface area contributed by atoms with E-state index >= 15 is 0 Å². The summed E-state index contributed by atoms with van der Waals surface area (Å²) in [6, 6.07) is 12.4. The number of benzene rings is 2. The first-order valence-electron chi connectivity index (χ1n) is 10.5. The van der Waals surface area contributed by atoms with Gasteiger partial charge in [-0.25, -0.2) is 4.39 Å². The highest BCUT2D eigenvalue weighted by molar-refractivity contribution is 5.82. The van der Waals surface area contributed by atoms with E-state index < -0.39 is 4.92 Å². The van der Waals surface area contributed by atoms with E-state index in [0.29, 0.717) is 29.0 Å². The third kappa shape index (κ3) is 5.21. The number of ether oxygens (including phenoxy) is 1. The molecule has 0 radical (unpaired) electrons. The van der Waals surface area contributed by atoms with Crippen molar-refractivity contribution in [3.05, 3.63) is 70.7 Å². The fourth-order valence-corrected chi connectivity index (χ4v) is 3.31. The van der Waals surface area contributed by atoms with Gasteiger partial charge in [-0.1, -0.05) is 6.07 Å². The van der Waals surface area contributed by atoms with Crippen LogP contribution in [-0.4, -0.2) is 59.0 Å². The van der Waals surface area contributed by atoms with Crippen molar-refractivity contribution in [2.45, 2.75) is 0 Å². The van der Waals surface area contributed by atoms with Crippen molar-refractivity contribution in [3.8, 4) is 11.6 Å². The van der Waals surface area contributed by atoms with Gasteiger partial charge in [0.15, 0.2) is 0 Å². The molecule has 11 heteroatoms. The zero-order valence-electron chi connectivity index (χ0n) is 18.9. The number of hydrogen-bond acceptors (Lipinski definition) is 8. The summed E-state index contributed by atoms with van der Waals surface area (Å²) in [6.45, 7) is 1.48. The van der Waals surface area contributed by atoms with Crippen LogP contribution in [0.5, 0.6) is 11.6 Å². The highest BCUT2D eigenvalue weighted by atomic mass is 19.1. The molecule has 0 spiro atoms. The van der Waals surface area contributed by atoms with E-state index in [9.17, 15) is 14.5 Å². The molecule has 10 nitrogen and oxygen atoms in total. The highest BCUT2D eigenvalue weighted by Gasteiger charge is 2.15. The number of nitro benzene ring substituents is 1. The number of fused-ring (bicyclic) bond motifs is 1. The smallest absolute Gasteiger partial charge is 0.273 e. The lowest BCUT2D eigenvalue weighted by Crippen LogP contribution is -2.29. The standard InChI is InChI=1S/C23H24FN7O3/c1-29(2)11-12-30(3)20-8-7-15(13-19(20)24)26-23-27-21-18(9-10-25-21)22(28-23)34-17-6-4-5-16(14-17)31(32)33/h4-10,13-14H,11-12H2,1-3H3,(H2,25,26,27,28). The quantitative estimate of drug-likeness (QED) is 0.274. The minimum absolute atomic E-state index is 0.0960. The molecular formula is C23H24FN7O3. The molecule has 0 saturated carbocycles. The first-order valence-corrected chi connectivity index (χ1v) is 10.5. The number of hydrogen-bond donors (Lipinski definition) is 2. The third-order valence-corrected chi connectivity index (χ3v) is 5.12. The number of nitrogens with one attached hydrogen (secondary N) is 2. The van der Waals surface area contributed by atoms with Gasteiger partial charge in [-0.15, -0.1) is 0 Å². The van der Waals surface area contributed by atoms with Crippen LogP contribution in [0.15, 0.2) is 54.7 Å². The Morgan fingerprint density at radius 2 is 1.94 bits per heavy atom. The van der Waals surface area contributed by atoms with Gasteiger partial charge < -0.3 is 24.8 Å². The van der Waals surface area contributed by atoms with Gasteiger partial charge in [0, 0.05) is 38.1 Å². The van der Waals surface area contributed by atoms with Crippen LogP contribution in [0.25, 0.3) is 11.0 Å². The molecule has 0 atom stereocenters. The summed E-state index contributed by atoms with van der Waals surface area (Å²) >= 11 is 0. The van der Waals surface area contributed by atoms with Crippen LogP contribution in [0.4, 0.5) is 27.4 Å². The first-order chi connectivity index (χ1) is 16.3. The molecule has 4 aromatic rings. The molecule has 0 saturated heterocycles. The SMILES string of the molecule is CN(C)CCN(C)c1ccc(Nc2nc(Oc3cccc([N+](=O)[O-])c3)c3cc[nH]c3n2)cc1F. The second kappa shape index (κ2) is 9.71. The van der Waals surface area contributed by atoms with E-state index in [-0.39, 0.29) is 29.1 Å². The molecule has 0 aliphatic carbocycles. The Kier molecular flexibility index (Phi) is 6.55. The van der Waals surface area contributed by atoms with Gasteiger partial charge in [0.25, 0.3) is 5.69 Å². The molecule has 4 rings (SSSR count). The van der Waals surface area contributed by atoms with Crippen LogP contribution < -0.4 is 15.0 Å². The summed E-state index contributed by atoms with van der Waals surface area (Å²) in [7, 11) is 5.78. The highest BCUT2D eigenvalue weighted by Crippen LogP contribution is 2.31. The molecule has 2 N–H and O–H groups in total. The Morgan fingerprint density at radius 3 is 2.68 bits per heavy atom. The molecule has 0 aliphatic heterocycles. The molecule has 2 heterocycles. The van der Waals surface area contributed by atoms with Crippen molar-refractivity contribution in [2.75, 3.05) is 44.4 Å². The molecule has 0 unspecified atom stereocenters. The normalized spacial score (nSPS) is 11.1. The molecule has 0 fully saturated rings. The number of anilines is 3. The predicted octanol–water partition coefficient (Wildman–Crippen LogP) is 4.54. The maximum Gasteiger partial charge on any atom is 0.273 e. The molecule has 2 aromatic heterocycles. The summed E-state index contributed by atoms with van der Waals surface area (Å²) in [5.41, 5.74) is 1.36. The molecule has 2 aromatic carbocycles. The van der Waals surface area contributed by atoms with E-state index in [1.54, 1.807) is 30.5 Å². The van der Waals surface area contributed by atoms with E-state index in [0.717, 1.165) is 6.54 Å². The van der Waals surface area contributed by atoms with Crippen molar-refractivity contribution in [1.82, 2.24) is 19.9 Å². The predicted molar refractivity (Wildman–Crippen MR) is 129 cm³/mol. The average molecular weight is 465 g/mol. The minimum Gasteiger partial charge on any atom is -0.438 e. The van der Waals surface area contributed by atoms with Crippen LogP contribution in [-0.2, 0) is 0 Å². The van der Waals surface area contributed by atoms with E-state index in [1.165, 1.54) is 24.3 Å². The van der Waals surface area contributed by atoms with Gasteiger partial charge in [0.2, 0.25) is 11.8 Å². The number of aromatic amines is 1. The van der Waals surface area contributed by atoms with Gasteiger partial charge in [-0.05, 0) is 44.4 Å². The summed E-state index contributed by atoms with van der Waals surface area (Å²) in [4.78, 5) is 26.3. The summed E-state index contributed by atoms with van der Waals surface area (Å²) in [5.74, 6) is 0.274.